The third-order valence-corrected chi connectivity index (χ3v) is 8.36. The molecule has 0 aromatic heterocycles. The molecule has 14 atom stereocenters. The Bertz CT molecular complexity index is 833. The van der Waals surface area contributed by atoms with Crippen LogP contribution in [0.4, 0.5) is 0 Å². The summed E-state index contributed by atoms with van der Waals surface area (Å²) in [6.45, 7) is 12.6. The first-order chi connectivity index (χ1) is 17.5. The molecule has 1 saturated heterocycles. The summed E-state index contributed by atoms with van der Waals surface area (Å²) in [6, 6.07) is -1.03. The second-order valence-corrected chi connectivity index (χ2v) is 11.8. The first-order valence-electron chi connectivity index (χ1n) is 13.5. The topological polar surface area (TPSA) is 175 Å². The average molecular weight is 546 g/mol. The average Bonchev–Trinajstić information content (AvgIpc) is 2.84. The lowest BCUT2D eigenvalue weighted by molar-refractivity contribution is -0.269. The highest BCUT2D eigenvalue weighted by Crippen LogP contribution is 2.38. The smallest absolute Gasteiger partial charge is 0.311 e. The third-order valence-electron chi connectivity index (χ3n) is 8.36. The van der Waals surface area contributed by atoms with Crippen LogP contribution < -0.4 is 0 Å². The normalized spacial score (nSPS) is 49.7. The van der Waals surface area contributed by atoms with Gasteiger partial charge in [0, 0.05) is 11.8 Å². The molecule has 11 nitrogen and oxygen atoms in total. The number of hydrogen-bond donors (Lipinski definition) is 5. The molecule has 2 heterocycles. The molecule has 0 spiro atoms. The molecule has 38 heavy (non-hydrogen) atoms. The molecule has 2 aliphatic heterocycles. The standard InChI is InChI=1S/C27H47NO10/c1-9-19-27(8,34)22(31)15(4)20(28-35)13(2)12-26(7,33)23(16(5)21(30)17(6)24(32)37-19)38-25-18(29)11-10-14(3)36-25/h10-11,13-23,25,29-31,33-34H,9,12H2,1-8H3/t13-,14-,15+,16+,17-,18-,19-,20?,21+,22-,23-,25+,26?,27-/m1/s1. The van der Waals surface area contributed by atoms with Crippen molar-refractivity contribution in [1.82, 2.24) is 0 Å². The maximum absolute atomic E-state index is 13.1. The number of nitroso groups, excluding NO2 is 1. The zero-order valence-electron chi connectivity index (χ0n) is 23.7. The van der Waals surface area contributed by atoms with Crippen molar-refractivity contribution in [2.75, 3.05) is 0 Å². The molecular weight excluding hydrogens is 498 g/mol. The number of esters is 1. The molecule has 2 aliphatic rings. The van der Waals surface area contributed by atoms with Crippen molar-refractivity contribution in [3.8, 4) is 0 Å². The zero-order valence-corrected chi connectivity index (χ0v) is 23.7. The number of carbonyl (C=O) groups excluding carboxylic acids is 1. The van der Waals surface area contributed by atoms with Gasteiger partial charge in [0.05, 0.1) is 42.0 Å². The lowest BCUT2D eigenvalue weighted by Gasteiger charge is -2.45. The Kier molecular flexibility index (Phi) is 11.0. The largest absolute Gasteiger partial charge is 0.459 e. The van der Waals surface area contributed by atoms with E-state index in [0.717, 1.165) is 0 Å². The van der Waals surface area contributed by atoms with E-state index in [2.05, 4.69) is 5.18 Å². The number of cyclic esters (lactones) is 1. The van der Waals surface area contributed by atoms with Crippen LogP contribution in [0.2, 0.25) is 0 Å². The van der Waals surface area contributed by atoms with Gasteiger partial charge in [-0.2, -0.15) is 4.91 Å². The van der Waals surface area contributed by atoms with Crippen LogP contribution in [0.1, 0.15) is 68.2 Å². The van der Waals surface area contributed by atoms with Gasteiger partial charge in [0.15, 0.2) is 6.29 Å². The highest BCUT2D eigenvalue weighted by molar-refractivity contribution is 5.73. The van der Waals surface area contributed by atoms with E-state index < -0.39 is 83.7 Å². The van der Waals surface area contributed by atoms with Gasteiger partial charge in [-0.25, -0.2) is 0 Å². The number of aliphatic hydroxyl groups excluding tert-OH is 3. The lowest BCUT2D eigenvalue weighted by Crippen LogP contribution is -2.58. The number of carbonyl (C=O) groups is 1. The Balaban J connectivity index is 2.57. The molecule has 1 fully saturated rings. The van der Waals surface area contributed by atoms with Gasteiger partial charge in [0.1, 0.15) is 17.8 Å². The van der Waals surface area contributed by atoms with Crippen molar-refractivity contribution in [3.63, 3.8) is 0 Å². The van der Waals surface area contributed by atoms with Gasteiger partial charge in [0.2, 0.25) is 0 Å². The van der Waals surface area contributed by atoms with Gasteiger partial charge in [-0.15, -0.1) is 0 Å². The fourth-order valence-electron chi connectivity index (χ4n) is 5.95. The lowest BCUT2D eigenvalue weighted by atomic mass is 9.72. The van der Waals surface area contributed by atoms with Crippen LogP contribution in [0.25, 0.3) is 0 Å². The summed E-state index contributed by atoms with van der Waals surface area (Å²) in [6.07, 6.45) is -4.50. The van der Waals surface area contributed by atoms with Crippen LogP contribution in [-0.2, 0) is 19.0 Å². The van der Waals surface area contributed by atoms with Crippen LogP contribution in [0, 0.1) is 28.6 Å². The van der Waals surface area contributed by atoms with Crippen LogP contribution in [0.15, 0.2) is 17.3 Å². The number of aliphatic hydroxyl groups is 5. The summed E-state index contributed by atoms with van der Waals surface area (Å²) in [5.74, 6) is -4.23. The van der Waals surface area contributed by atoms with Crippen molar-refractivity contribution >= 4 is 5.97 Å². The van der Waals surface area contributed by atoms with Crippen molar-refractivity contribution in [1.29, 1.82) is 0 Å². The van der Waals surface area contributed by atoms with Gasteiger partial charge in [-0.05, 0) is 46.5 Å². The first kappa shape index (κ1) is 32.7. The van der Waals surface area contributed by atoms with Gasteiger partial charge in [-0.3, -0.25) is 4.79 Å². The number of rotatable bonds is 4. The van der Waals surface area contributed by atoms with Gasteiger partial charge in [0.25, 0.3) is 0 Å². The van der Waals surface area contributed by atoms with E-state index in [9.17, 15) is 35.2 Å². The summed E-state index contributed by atoms with van der Waals surface area (Å²) in [5.41, 5.74) is -3.62. The van der Waals surface area contributed by atoms with Crippen molar-refractivity contribution in [3.05, 3.63) is 17.1 Å². The Morgan fingerprint density at radius 2 is 1.66 bits per heavy atom. The summed E-state index contributed by atoms with van der Waals surface area (Å²) in [5, 5.41) is 59.0. The quantitative estimate of drug-likeness (QED) is 0.198. The minimum atomic E-state index is -1.92. The molecule has 2 unspecified atom stereocenters. The van der Waals surface area contributed by atoms with Crippen molar-refractivity contribution in [2.24, 2.45) is 28.8 Å². The second kappa shape index (κ2) is 12.8. The molecular formula is C27H47NO10. The van der Waals surface area contributed by atoms with E-state index in [1.165, 1.54) is 26.8 Å². The molecule has 0 saturated carbocycles. The van der Waals surface area contributed by atoms with E-state index in [4.69, 9.17) is 14.2 Å². The minimum absolute atomic E-state index is 0.0470. The first-order valence-corrected chi connectivity index (χ1v) is 13.5. The predicted molar refractivity (Wildman–Crippen MR) is 139 cm³/mol. The zero-order chi connectivity index (χ0) is 29.2. The van der Waals surface area contributed by atoms with Gasteiger partial charge < -0.3 is 39.7 Å². The van der Waals surface area contributed by atoms with Crippen LogP contribution >= 0.6 is 0 Å². The van der Waals surface area contributed by atoms with Crippen molar-refractivity contribution in [2.45, 2.75) is 128 Å². The van der Waals surface area contributed by atoms with Gasteiger partial charge >= 0.3 is 5.97 Å². The maximum Gasteiger partial charge on any atom is 0.311 e. The predicted octanol–water partition coefficient (Wildman–Crippen LogP) is 1.66. The fourth-order valence-corrected chi connectivity index (χ4v) is 5.95. The Labute approximate surface area is 225 Å². The van der Waals surface area contributed by atoms with E-state index in [1.54, 1.807) is 40.7 Å². The number of ether oxygens (including phenoxy) is 3. The summed E-state index contributed by atoms with van der Waals surface area (Å²) in [4.78, 5) is 25.1. The Morgan fingerprint density at radius 1 is 1.05 bits per heavy atom. The monoisotopic (exact) mass is 545 g/mol. The van der Waals surface area contributed by atoms with Crippen LogP contribution in [0.5, 0.6) is 0 Å². The summed E-state index contributed by atoms with van der Waals surface area (Å²) >= 11 is 0. The molecule has 0 aromatic rings. The van der Waals surface area contributed by atoms with E-state index >= 15 is 0 Å². The summed E-state index contributed by atoms with van der Waals surface area (Å²) < 4.78 is 17.4. The minimum Gasteiger partial charge on any atom is -0.459 e. The second-order valence-electron chi connectivity index (χ2n) is 11.8. The summed E-state index contributed by atoms with van der Waals surface area (Å²) in [7, 11) is 0. The Hall–Kier alpha value is -1.47. The fraction of sp³-hybridized carbons (Fsp3) is 0.889. The van der Waals surface area contributed by atoms with E-state index in [0.29, 0.717) is 0 Å². The van der Waals surface area contributed by atoms with E-state index in [-0.39, 0.29) is 18.9 Å². The van der Waals surface area contributed by atoms with Crippen LogP contribution in [-0.4, -0.2) is 91.7 Å². The highest BCUT2D eigenvalue weighted by Gasteiger charge is 2.50. The van der Waals surface area contributed by atoms with Crippen LogP contribution in [0.3, 0.4) is 0 Å². The van der Waals surface area contributed by atoms with E-state index in [1.807, 2.05) is 0 Å². The molecule has 5 N–H and O–H groups in total. The molecule has 2 rings (SSSR count). The number of nitrogens with zero attached hydrogens (tertiary/aromatic N) is 1. The molecule has 0 amide bonds. The SMILES string of the molecule is CC[C@H]1OC(=O)[C@H](C)[C@@H](O)[C@H](C)[C@@H](O[C@@H]2O[C@H](C)C=C[C@H]2O)C(C)(O)C[C@@H](C)C(N=O)[C@H](C)[C@@H](O)[C@]1(C)O. The van der Waals surface area contributed by atoms with Crippen molar-refractivity contribution < 1.29 is 44.5 Å². The molecule has 0 aliphatic carbocycles. The molecule has 11 heteroatoms. The molecule has 0 radical (unpaired) electrons. The maximum atomic E-state index is 13.1. The number of hydrogen-bond acceptors (Lipinski definition) is 11. The molecule has 220 valence electrons. The Morgan fingerprint density at radius 3 is 2.21 bits per heavy atom. The van der Waals surface area contributed by atoms with Gasteiger partial charge in [-0.1, -0.05) is 45.0 Å². The molecule has 0 aromatic carbocycles. The third kappa shape index (κ3) is 6.99. The molecule has 0 bridgehead atoms. The highest BCUT2D eigenvalue weighted by atomic mass is 16.7.